The molecule has 0 aliphatic rings. The summed E-state index contributed by atoms with van der Waals surface area (Å²) in [5, 5.41) is 11.6. The minimum atomic E-state index is -0.589. The number of nitrogens with one attached hydrogen (secondary N) is 1. The molecule has 27 heavy (non-hydrogen) atoms. The lowest BCUT2D eigenvalue weighted by Crippen LogP contribution is -2.25. The summed E-state index contributed by atoms with van der Waals surface area (Å²) in [7, 11) is 0. The largest absolute Gasteiger partial charge is 0.345 e. The Morgan fingerprint density at radius 3 is 2.56 bits per heavy atom. The van der Waals surface area contributed by atoms with Crippen molar-refractivity contribution >= 4 is 17.7 Å². The van der Waals surface area contributed by atoms with Gasteiger partial charge < -0.3 is 5.32 Å². The van der Waals surface area contributed by atoms with E-state index in [1.807, 2.05) is 0 Å². The summed E-state index contributed by atoms with van der Waals surface area (Å²) >= 11 is 1.52. The van der Waals surface area contributed by atoms with Gasteiger partial charge in [0.2, 0.25) is 0 Å². The summed E-state index contributed by atoms with van der Waals surface area (Å²) in [6, 6.07) is 11.7. The average Bonchev–Trinajstić information content (AvgIpc) is 3.08. The molecule has 140 valence electrons. The van der Waals surface area contributed by atoms with Crippen LogP contribution in [0.2, 0.25) is 0 Å². The monoisotopic (exact) mass is 388 g/mol. The summed E-state index contributed by atoms with van der Waals surface area (Å²) in [4.78, 5) is 12.2. The Hall–Kier alpha value is -2.74. The van der Waals surface area contributed by atoms with Crippen molar-refractivity contribution in [3.63, 3.8) is 0 Å². The standard InChI is InChI=1S/C19H18F2N4OS/c1-2-11-27-19-24-23-17(25(19)14-9-7-13(20)8-10-14)12-22-18(26)15-5-3-4-6-16(15)21/h3-10H,2,11-12H2,1H3,(H,22,26). The molecule has 0 saturated heterocycles. The smallest absolute Gasteiger partial charge is 0.254 e. The first-order chi connectivity index (χ1) is 13.1. The highest BCUT2D eigenvalue weighted by atomic mass is 32.2. The number of hydrogen-bond acceptors (Lipinski definition) is 4. The highest BCUT2D eigenvalue weighted by Crippen LogP contribution is 2.23. The zero-order chi connectivity index (χ0) is 19.2. The van der Waals surface area contributed by atoms with E-state index in [-0.39, 0.29) is 17.9 Å². The van der Waals surface area contributed by atoms with Crippen molar-refractivity contribution in [2.75, 3.05) is 5.75 Å². The van der Waals surface area contributed by atoms with Gasteiger partial charge in [0.25, 0.3) is 5.91 Å². The second-order valence-corrected chi connectivity index (χ2v) is 6.78. The predicted octanol–water partition coefficient (Wildman–Crippen LogP) is 3.98. The van der Waals surface area contributed by atoms with Crippen molar-refractivity contribution in [3.8, 4) is 5.69 Å². The van der Waals surface area contributed by atoms with Crippen LogP contribution in [-0.2, 0) is 6.54 Å². The normalized spacial score (nSPS) is 10.8. The van der Waals surface area contributed by atoms with Crippen molar-refractivity contribution in [2.24, 2.45) is 0 Å². The van der Waals surface area contributed by atoms with Crippen molar-refractivity contribution in [1.82, 2.24) is 20.1 Å². The molecule has 0 aliphatic heterocycles. The maximum atomic E-state index is 13.8. The number of carbonyl (C=O) groups excluding carboxylic acids is 1. The molecule has 5 nitrogen and oxygen atoms in total. The Labute approximate surface area is 159 Å². The van der Waals surface area contributed by atoms with E-state index in [1.165, 1.54) is 42.1 Å². The topological polar surface area (TPSA) is 59.8 Å². The quantitative estimate of drug-likeness (QED) is 0.622. The first kappa shape index (κ1) is 19.0. The Morgan fingerprint density at radius 2 is 1.85 bits per heavy atom. The number of nitrogens with zero attached hydrogens (tertiary/aromatic N) is 3. The van der Waals surface area contributed by atoms with Crippen LogP contribution < -0.4 is 5.32 Å². The number of thioether (sulfide) groups is 1. The van der Waals surface area contributed by atoms with Crippen LogP contribution in [0.5, 0.6) is 0 Å². The molecule has 3 rings (SSSR count). The number of rotatable bonds is 7. The van der Waals surface area contributed by atoms with Gasteiger partial charge in [0.15, 0.2) is 11.0 Å². The van der Waals surface area contributed by atoms with E-state index >= 15 is 0 Å². The Morgan fingerprint density at radius 1 is 1.11 bits per heavy atom. The van der Waals surface area contributed by atoms with Gasteiger partial charge >= 0.3 is 0 Å². The minimum absolute atomic E-state index is 0.0362. The second-order valence-electron chi connectivity index (χ2n) is 5.72. The van der Waals surface area contributed by atoms with E-state index < -0.39 is 11.7 Å². The van der Waals surface area contributed by atoms with E-state index in [4.69, 9.17) is 0 Å². The van der Waals surface area contributed by atoms with Gasteiger partial charge in [0.1, 0.15) is 11.6 Å². The molecule has 1 amide bonds. The molecule has 0 aliphatic carbocycles. The van der Waals surface area contributed by atoms with Crippen molar-refractivity contribution in [1.29, 1.82) is 0 Å². The Bertz CT molecular complexity index is 928. The number of aromatic nitrogens is 3. The fraction of sp³-hybridized carbons (Fsp3) is 0.211. The third-order valence-electron chi connectivity index (χ3n) is 3.75. The van der Waals surface area contributed by atoms with Crippen molar-refractivity contribution in [2.45, 2.75) is 25.0 Å². The summed E-state index contributed by atoms with van der Waals surface area (Å²) in [6.45, 7) is 2.12. The Kier molecular flexibility index (Phi) is 6.18. The van der Waals surface area contributed by atoms with E-state index in [0.717, 1.165) is 12.2 Å². The molecule has 0 fully saturated rings. The molecule has 1 N–H and O–H groups in total. The molecular formula is C19H18F2N4OS. The highest BCUT2D eigenvalue weighted by Gasteiger charge is 2.17. The first-order valence-corrected chi connectivity index (χ1v) is 9.44. The molecule has 1 heterocycles. The summed E-state index contributed by atoms with van der Waals surface area (Å²) < 4.78 is 28.8. The van der Waals surface area contributed by atoms with Gasteiger partial charge in [-0.15, -0.1) is 10.2 Å². The van der Waals surface area contributed by atoms with Crippen LogP contribution in [0.4, 0.5) is 8.78 Å². The SMILES string of the molecule is CCCSc1nnc(CNC(=O)c2ccccc2F)n1-c1ccc(F)cc1. The average molecular weight is 388 g/mol. The molecule has 0 saturated carbocycles. The van der Waals surface area contributed by atoms with Gasteiger partial charge in [-0.1, -0.05) is 30.8 Å². The number of amides is 1. The molecule has 1 aromatic heterocycles. The van der Waals surface area contributed by atoms with Crippen LogP contribution in [0.25, 0.3) is 5.69 Å². The van der Waals surface area contributed by atoms with Crippen LogP contribution in [0, 0.1) is 11.6 Å². The molecule has 2 aromatic carbocycles. The fourth-order valence-corrected chi connectivity index (χ4v) is 3.28. The second kappa shape index (κ2) is 8.77. The first-order valence-electron chi connectivity index (χ1n) is 8.46. The molecular weight excluding hydrogens is 370 g/mol. The van der Waals surface area contributed by atoms with E-state index in [0.29, 0.717) is 16.7 Å². The van der Waals surface area contributed by atoms with Crippen LogP contribution in [0.15, 0.2) is 53.7 Å². The molecule has 0 bridgehead atoms. The molecule has 0 radical (unpaired) electrons. The lowest BCUT2D eigenvalue weighted by molar-refractivity contribution is 0.0945. The van der Waals surface area contributed by atoms with Crippen molar-refractivity contribution in [3.05, 3.63) is 71.6 Å². The van der Waals surface area contributed by atoms with Crippen LogP contribution in [0.1, 0.15) is 29.5 Å². The third kappa shape index (κ3) is 4.51. The van der Waals surface area contributed by atoms with Gasteiger partial charge in [-0.25, -0.2) is 8.78 Å². The van der Waals surface area contributed by atoms with Gasteiger partial charge in [-0.05, 0) is 42.8 Å². The van der Waals surface area contributed by atoms with Crippen LogP contribution >= 0.6 is 11.8 Å². The molecule has 0 spiro atoms. The molecule has 0 atom stereocenters. The van der Waals surface area contributed by atoms with Gasteiger partial charge in [-0.3, -0.25) is 9.36 Å². The maximum absolute atomic E-state index is 13.8. The molecule has 3 aromatic rings. The minimum Gasteiger partial charge on any atom is -0.345 e. The number of benzene rings is 2. The molecule has 0 unspecified atom stereocenters. The fourth-order valence-electron chi connectivity index (χ4n) is 2.45. The zero-order valence-corrected chi connectivity index (χ0v) is 15.5. The third-order valence-corrected chi connectivity index (χ3v) is 4.88. The lowest BCUT2D eigenvalue weighted by Gasteiger charge is -2.11. The summed E-state index contributed by atoms with van der Waals surface area (Å²) in [6.07, 6.45) is 0.959. The number of halogens is 2. The van der Waals surface area contributed by atoms with Crippen LogP contribution in [-0.4, -0.2) is 26.4 Å². The van der Waals surface area contributed by atoms with E-state index in [9.17, 15) is 13.6 Å². The van der Waals surface area contributed by atoms with Crippen LogP contribution in [0.3, 0.4) is 0 Å². The highest BCUT2D eigenvalue weighted by molar-refractivity contribution is 7.99. The molecule has 8 heteroatoms. The Balaban J connectivity index is 1.84. The number of hydrogen-bond donors (Lipinski definition) is 1. The number of carbonyl (C=O) groups is 1. The van der Waals surface area contributed by atoms with E-state index in [2.05, 4.69) is 22.4 Å². The van der Waals surface area contributed by atoms with E-state index in [1.54, 1.807) is 22.8 Å². The zero-order valence-electron chi connectivity index (χ0n) is 14.7. The van der Waals surface area contributed by atoms with Crippen molar-refractivity contribution < 1.29 is 13.6 Å². The summed E-state index contributed by atoms with van der Waals surface area (Å²) in [5.74, 6) is -0.145. The summed E-state index contributed by atoms with van der Waals surface area (Å²) in [5.41, 5.74) is 0.654. The predicted molar refractivity (Wildman–Crippen MR) is 99.9 cm³/mol. The maximum Gasteiger partial charge on any atom is 0.254 e. The van der Waals surface area contributed by atoms with Gasteiger partial charge in [-0.2, -0.15) is 0 Å². The lowest BCUT2D eigenvalue weighted by atomic mass is 10.2. The van der Waals surface area contributed by atoms with Gasteiger partial charge in [0.05, 0.1) is 12.1 Å². The van der Waals surface area contributed by atoms with Gasteiger partial charge in [0, 0.05) is 11.4 Å².